The quantitative estimate of drug-likeness (QED) is 0.753. The van der Waals surface area contributed by atoms with Crippen molar-refractivity contribution in [2.45, 2.75) is 25.7 Å². The van der Waals surface area contributed by atoms with E-state index in [0.717, 1.165) is 0 Å². The van der Waals surface area contributed by atoms with Crippen molar-refractivity contribution < 1.29 is 0 Å². The molecule has 4 nitrogen and oxygen atoms in total. The van der Waals surface area contributed by atoms with Crippen LogP contribution < -0.4 is 5.32 Å². The predicted octanol–water partition coefficient (Wildman–Crippen LogP) is 1.05. The Bertz CT molecular complexity index is 426. The van der Waals surface area contributed by atoms with Crippen LogP contribution in [0.2, 0.25) is 0 Å². The molecule has 1 N–H and O–H groups in total. The Hall–Kier alpha value is -2.51. The maximum Gasteiger partial charge on any atom is 0.226 e. The van der Waals surface area contributed by atoms with E-state index in [9.17, 15) is 0 Å². The predicted molar refractivity (Wildman–Crippen MR) is 71.5 cm³/mol. The second-order valence-electron chi connectivity index (χ2n) is 3.46. The topological polar surface area (TPSA) is 50.7 Å². The second-order valence-corrected chi connectivity index (χ2v) is 3.46. The molecule has 0 radical (unpaired) electrons. The zero-order chi connectivity index (χ0) is 13.2. The Morgan fingerprint density at radius 2 is 1.39 bits per heavy atom. The van der Waals surface area contributed by atoms with Crippen molar-refractivity contribution in [3.8, 4) is 37.0 Å². The van der Waals surface area contributed by atoms with Gasteiger partial charge in [-0.15, -0.1) is 31.1 Å². The molecule has 1 rings (SSSR count). The number of hydrogen-bond acceptors (Lipinski definition) is 4. The van der Waals surface area contributed by atoms with Gasteiger partial charge >= 0.3 is 0 Å². The summed E-state index contributed by atoms with van der Waals surface area (Å²) in [4.78, 5) is 12.8. The Balaban J connectivity index is 2.86. The highest BCUT2D eigenvalue weighted by Gasteiger charge is 2.05. The number of anilines is 1. The van der Waals surface area contributed by atoms with Gasteiger partial charge in [0.15, 0.2) is 0 Å². The van der Waals surface area contributed by atoms with Crippen molar-refractivity contribution in [1.82, 2.24) is 15.0 Å². The average molecular weight is 238 g/mol. The Kier molecular flexibility index (Phi) is 5.81. The zero-order valence-corrected chi connectivity index (χ0v) is 10.1. The molecule has 0 bridgehead atoms. The molecule has 0 aromatic carbocycles. The highest BCUT2D eigenvalue weighted by atomic mass is 15.1. The molecule has 1 aromatic heterocycles. The number of aryl methyl sites for hydroxylation is 2. The van der Waals surface area contributed by atoms with E-state index in [0.29, 0.717) is 49.8 Å². The van der Waals surface area contributed by atoms with Crippen LogP contribution >= 0.6 is 0 Å². The highest BCUT2D eigenvalue weighted by Crippen LogP contribution is 2.05. The number of hydrogen-bond donors (Lipinski definition) is 1. The van der Waals surface area contributed by atoms with E-state index < -0.39 is 0 Å². The van der Waals surface area contributed by atoms with Gasteiger partial charge in [-0.2, -0.15) is 9.97 Å². The standard InChI is InChI=1S/C14H14N4/c1-4-7-9-12-16-13(10-8-5-2)18-14(17-12)15-11-6-3/h1-3H,7-11H2,(H,15,16,17,18). The van der Waals surface area contributed by atoms with Crippen LogP contribution in [-0.4, -0.2) is 21.5 Å². The van der Waals surface area contributed by atoms with E-state index >= 15 is 0 Å². The lowest BCUT2D eigenvalue weighted by molar-refractivity contribution is 0.794. The van der Waals surface area contributed by atoms with Crippen molar-refractivity contribution in [3.05, 3.63) is 11.6 Å². The minimum absolute atomic E-state index is 0.368. The van der Waals surface area contributed by atoms with Gasteiger partial charge in [0.05, 0.1) is 6.54 Å². The van der Waals surface area contributed by atoms with Gasteiger partial charge in [0.2, 0.25) is 5.95 Å². The highest BCUT2D eigenvalue weighted by molar-refractivity contribution is 5.27. The van der Waals surface area contributed by atoms with Gasteiger partial charge in [-0.1, -0.05) is 5.92 Å². The molecule has 0 saturated carbocycles. The van der Waals surface area contributed by atoms with E-state index in [4.69, 9.17) is 19.3 Å². The van der Waals surface area contributed by atoms with Gasteiger partial charge < -0.3 is 5.32 Å². The van der Waals surface area contributed by atoms with Crippen LogP contribution in [0.1, 0.15) is 24.5 Å². The van der Waals surface area contributed by atoms with Gasteiger partial charge in [-0.25, -0.2) is 4.98 Å². The summed E-state index contributed by atoms with van der Waals surface area (Å²) < 4.78 is 0. The normalized spacial score (nSPS) is 8.94. The third-order valence-corrected chi connectivity index (χ3v) is 2.06. The van der Waals surface area contributed by atoms with Gasteiger partial charge in [0.1, 0.15) is 11.6 Å². The lowest BCUT2D eigenvalue weighted by Gasteiger charge is -2.06. The number of aromatic nitrogens is 3. The fourth-order valence-electron chi connectivity index (χ4n) is 1.27. The summed E-state index contributed by atoms with van der Waals surface area (Å²) >= 11 is 0. The van der Waals surface area contributed by atoms with Crippen molar-refractivity contribution >= 4 is 5.95 Å². The first-order valence-corrected chi connectivity index (χ1v) is 5.58. The van der Waals surface area contributed by atoms with E-state index in [1.165, 1.54) is 0 Å². The lowest BCUT2D eigenvalue weighted by atomic mass is 10.3. The van der Waals surface area contributed by atoms with E-state index in [2.05, 4.69) is 38.0 Å². The van der Waals surface area contributed by atoms with Gasteiger partial charge in [0.25, 0.3) is 0 Å². The summed E-state index contributed by atoms with van der Waals surface area (Å²) in [6.07, 6.45) is 18.0. The fraction of sp³-hybridized carbons (Fsp3) is 0.357. The number of nitrogens with one attached hydrogen (secondary N) is 1. The summed E-state index contributed by atoms with van der Waals surface area (Å²) in [6, 6.07) is 0. The maximum atomic E-state index is 5.22. The molecule has 4 heteroatoms. The summed E-state index contributed by atoms with van der Waals surface area (Å²) in [7, 11) is 0. The van der Waals surface area contributed by atoms with Crippen LogP contribution in [0.4, 0.5) is 5.95 Å². The molecule has 1 heterocycles. The zero-order valence-electron chi connectivity index (χ0n) is 10.1. The first kappa shape index (κ1) is 13.6. The van der Waals surface area contributed by atoms with Crippen molar-refractivity contribution in [2.75, 3.05) is 11.9 Å². The van der Waals surface area contributed by atoms with Crippen LogP contribution in [0.5, 0.6) is 0 Å². The SMILES string of the molecule is C#CCCc1nc(CCC#C)nc(NCC#C)n1. The monoisotopic (exact) mass is 238 g/mol. The molecule has 0 saturated heterocycles. The summed E-state index contributed by atoms with van der Waals surface area (Å²) in [5.74, 6) is 9.37. The summed E-state index contributed by atoms with van der Waals surface area (Å²) in [5.41, 5.74) is 0. The molecule has 0 aliphatic carbocycles. The number of rotatable bonds is 6. The Morgan fingerprint density at radius 1 is 0.833 bits per heavy atom. The maximum absolute atomic E-state index is 5.22. The summed E-state index contributed by atoms with van der Waals surface area (Å²) in [6.45, 7) is 0.368. The molecule has 18 heavy (non-hydrogen) atoms. The van der Waals surface area contributed by atoms with Crippen LogP contribution in [-0.2, 0) is 12.8 Å². The largest absolute Gasteiger partial charge is 0.343 e. The van der Waals surface area contributed by atoms with E-state index in [1.807, 2.05) is 0 Å². The lowest BCUT2D eigenvalue weighted by Crippen LogP contribution is -2.10. The number of terminal acetylenes is 3. The molecule has 90 valence electrons. The Labute approximate surface area is 108 Å². The molecule has 0 aliphatic heterocycles. The Morgan fingerprint density at radius 3 is 1.83 bits per heavy atom. The third kappa shape index (κ3) is 4.56. The molecular formula is C14H14N4. The minimum Gasteiger partial charge on any atom is -0.343 e. The molecule has 0 aliphatic rings. The molecule has 0 unspecified atom stereocenters. The van der Waals surface area contributed by atoms with Crippen LogP contribution in [0.25, 0.3) is 0 Å². The third-order valence-electron chi connectivity index (χ3n) is 2.06. The molecule has 0 atom stereocenters. The van der Waals surface area contributed by atoms with Crippen molar-refractivity contribution in [1.29, 1.82) is 0 Å². The van der Waals surface area contributed by atoms with Gasteiger partial charge in [-0.05, 0) is 0 Å². The molecule has 0 spiro atoms. The van der Waals surface area contributed by atoms with Gasteiger partial charge in [-0.3, -0.25) is 0 Å². The van der Waals surface area contributed by atoms with Crippen molar-refractivity contribution in [3.63, 3.8) is 0 Å². The van der Waals surface area contributed by atoms with E-state index in [-0.39, 0.29) is 0 Å². The van der Waals surface area contributed by atoms with Crippen molar-refractivity contribution in [2.24, 2.45) is 0 Å². The number of nitrogens with zero attached hydrogens (tertiary/aromatic N) is 3. The summed E-state index contributed by atoms with van der Waals surface area (Å²) in [5, 5.41) is 2.93. The smallest absolute Gasteiger partial charge is 0.226 e. The van der Waals surface area contributed by atoms with E-state index in [1.54, 1.807) is 0 Å². The molecule has 0 fully saturated rings. The fourth-order valence-corrected chi connectivity index (χ4v) is 1.27. The molecule has 1 aromatic rings. The van der Waals surface area contributed by atoms with Crippen LogP contribution in [0.15, 0.2) is 0 Å². The first-order valence-electron chi connectivity index (χ1n) is 5.58. The first-order chi connectivity index (χ1) is 8.80. The van der Waals surface area contributed by atoms with Crippen LogP contribution in [0, 0.1) is 37.0 Å². The minimum atomic E-state index is 0.368. The molecule has 0 amide bonds. The molecular weight excluding hydrogens is 224 g/mol. The average Bonchev–Trinajstić information content (AvgIpc) is 2.40. The second kappa shape index (κ2) is 7.71. The van der Waals surface area contributed by atoms with Gasteiger partial charge in [0, 0.05) is 25.7 Å². The van der Waals surface area contributed by atoms with Crippen LogP contribution in [0.3, 0.4) is 0 Å².